The third kappa shape index (κ3) is 4.67. The van der Waals surface area contributed by atoms with E-state index in [-0.39, 0.29) is 25.7 Å². The van der Waals surface area contributed by atoms with Crippen LogP contribution >= 0.6 is 11.6 Å². The predicted molar refractivity (Wildman–Crippen MR) is 97.0 cm³/mol. The number of carbonyl (C=O) groups is 1. The van der Waals surface area contributed by atoms with E-state index in [1.54, 1.807) is 12.1 Å². The van der Waals surface area contributed by atoms with E-state index in [9.17, 15) is 27.5 Å². The number of alkyl halides is 4. The van der Waals surface area contributed by atoms with Crippen LogP contribution in [0.15, 0.2) is 36.8 Å². The van der Waals surface area contributed by atoms with Gasteiger partial charge in [0.15, 0.2) is 0 Å². The van der Waals surface area contributed by atoms with E-state index in [1.165, 1.54) is 12.4 Å². The van der Waals surface area contributed by atoms with Crippen LogP contribution in [-0.2, 0) is 6.18 Å². The summed E-state index contributed by atoms with van der Waals surface area (Å²) in [6.45, 7) is 0. The fourth-order valence-electron chi connectivity index (χ4n) is 3.47. The first-order chi connectivity index (χ1) is 13.6. The summed E-state index contributed by atoms with van der Waals surface area (Å²) >= 11 is 5.79. The Morgan fingerprint density at radius 1 is 1.28 bits per heavy atom. The van der Waals surface area contributed by atoms with Crippen LogP contribution in [0.2, 0.25) is 5.02 Å². The van der Waals surface area contributed by atoms with Gasteiger partial charge in [0, 0.05) is 18.6 Å². The Labute approximate surface area is 169 Å². The van der Waals surface area contributed by atoms with Crippen LogP contribution in [0, 0.1) is 0 Å². The van der Waals surface area contributed by atoms with Gasteiger partial charge in [-0.2, -0.15) is 13.2 Å². The van der Waals surface area contributed by atoms with Crippen molar-refractivity contribution in [2.24, 2.45) is 0 Å². The average molecular weight is 432 g/mol. The molecule has 1 aliphatic rings. The van der Waals surface area contributed by atoms with Crippen molar-refractivity contribution < 1.29 is 27.5 Å². The molecule has 2 aromatic rings. The number of hydrogen-bond donors (Lipinski definition) is 2. The quantitative estimate of drug-likeness (QED) is 0.709. The number of amides is 1. The normalized spacial score (nSPS) is 23.4. The lowest BCUT2D eigenvalue weighted by molar-refractivity contribution is -0.137. The molecule has 1 saturated carbocycles. The summed E-state index contributed by atoms with van der Waals surface area (Å²) in [6, 6.07) is 2.85. The van der Waals surface area contributed by atoms with E-state index in [2.05, 4.69) is 15.3 Å². The topological polar surface area (TPSA) is 75.1 Å². The monoisotopic (exact) mass is 431 g/mol. The van der Waals surface area contributed by atoms with E-state index >= 15 is 0 Å². The van der Waals surface area contributed by atoms with Gasteiger partial charge in [0.25, 0.3) is 5.91 Å². The van der Waals surface area contributed by atoms with E-state index in [0.717, 1.165) is 6.20 Å². The molecule has 3 rings (SSSR count). The molecule has 5 nitrogen and oxygen atoms in total. The van der Waals surface area contributed by atoms with Crippen molar-refractivity contribution in [3.63, 3.8) is 0 Å². The van der Waals surface area contributed by atoms with E-state index in [1.807, 2.05) is 0 Å². The van der Waals surface area contributed by atoms with Crippen molar-refractivity contribution in [3.05, 3.63) is 58.6 Å². The predicted octanol–water partition coefficient (Wildman–Crippen LogP) is 4.26. The third-order valence-corrected chi connectivity index (χ3v) is 5.40. The lowest BCUT2D eigenvalue weighted by Crippen LogP contribution is -2.48. The summed E-state index contributed by atoms with van der Waals surface area (Å²) in [5, 5.41) is 12.8. The molecular formula is C19H18ClF4N3O2. The van der Waals surface area contributed by atoms with Crippen molar-refractivity contribution in [2.45, 2.75) is 49.7 Å². The van der Waals surface area contributed by atoms with Crippen molar-refractivity contribution in [2.75, 3.05) is 0 Å². The number of carbonyl (C=O) groups excluding carboxylic acids is 1. The first-order valence-corrected chi connectivity index (χ1v) is 9.28. The zero-order chi connectivity index (χ0) is 21.2. The molecule has 1 aliphatic carbocycles. The Bertz CT molecular complexity index is 872. The Kier molecular flexibility index (Phi) is 6.09. The van der Waals surface area contributed by atoms with Crippen LogP contribution in [0.3, 0.4) is 0 Å². The molecule has 2 N–H and O–H groups in total. The fraction of sp³-hybridized carbons (Fsp3) is 0.421. The highest BCUT2D eigenvalue weighted by Gasteiger charge is 2.43. The lowest BCUT2D eigenvalue weighted by atomic mass is 9.76. The molecule has 1 fully saturated rings. The third-order valence-electron chi connectivity index (χ3n) is 5.02. The van der Waals surface area contributed by atoms with Crippen molar-refractivity contribution in [3.8, 4) is 0 Å². The van der Waals surface area contributed by atoms with Gasteiger partial charge in [-0.1, -0.05) is 17.7 Å². The van der Waals surface area contributed by atoms with Gasteiger partial charge in [0.1, 0.15) is 11.9 Å². The van der Waals surface area contributed by atoms with Crippen LogP contribution in [0.25, 0.3) is 0 Å². The largest absolute Gasteiger partial charge is 0.417 e. The number of nitrogens with one attached hydrogen (secondary N) is 1. The van der Waals surface area contributed by atoms with Gasteiger partial charge in [0.2, 0.25) is 0 Å². The molecule has 1 unspecified atom stereocenters. The molecule has 1 amide bonds. The van der Waals surface area contributed by atoms with E-state index in [0.29, 0.717) is 11.6 Å². The number of halogens is 5. The van der Waals surface area contributed by atoms with Crippen LogP contribution in [0.5, 0.6) is 0 Å². The number of rotatable bonds is 4. The molecule has 0 aromatic carbocycles. The molecule has 0 bridgehead atoms. The Morgan fingerprint density at radius 3 is 2.55 bits per heavy atom. The van der Waals surface area contributed by atoms with E-state index in [4.69, 9.17) is 11.6 Å². The summed E-state index contributed by atoms with van der Waals surface area (Å²) in [6.07, 6.45) is -1.71. The van der Waals surface area contributed by atoms with Crippen LogP contribution in [0.1, 0.15) is 53.3 Å². The molecule has 29 heavy (non-hydrogen) atoms. The number of aromatic nitrogens is 2. The maximum absolute atomic E-state index is 13.6. The summed E-state index contributed by atoms with van der Waals surface area (Å²) in [7, 11) is 0. The molecule has 0 saturated heterocycles. The standard InChI is InChI=1S/C19H18ClF4N3O2/c20-14-13(19(22,23)24)5-9-26-15(14)17(28)27-16(11-2-1-8-25-10-11)18(29)6-3-12(21)4-7-18/h1-2,5,8-10,12,16,29H,3-4,6-7H2,(H,27,28)/t12-,16?,18-. The molecule has 2 heterocycles. The number of pyridine rings is 2. The molecule has 1 atom stereocenters. The van der Waals surface area contributed by atoms with Gasteiger partial charge in [-0.25, -0.2) is 9.37 Å². The maximum atomic E-state index is 13.6. The van der Waals surface area contributed by atoms with Gasteiger partial charge >= 0.3 is 6.18 Å². The smallest absolute Gasteiger partial charge is 0.387 e. The molecule has 2 aromatic heterocycles. The number of aliphatic hydroxyl groups is 1. The highest BCUT2D eigenvalue weighted by Crippen LogP contribution is 2.40. The summed E-state index contributed by atoms with van der Waals surface area (Å²) < 4.78 is 52.8. The zero-order valence-electron chi connectivity index (χ0n) is 15.1. The summed E-state index contributed by atoms with van der Waals surface area (Å²) in [4.78, 5) is 20.4. The second-order valence-corrected chi connectivity index (χ2v) is 7.37. The van der Waals surface area contributed by atoms with Crippen molar-refractivity contribution >= 4 is 17.5 Å². The maximum Gasteiger partial charge on any atom is 0.417 e. The first-order valence-electron chi connectivity index (χ1n) is 8.91. The Hall–Kier alpha value is -2.26. The highest BCUT2D eigenvalue weighted by molar-refractivity contribution is 6.34. The molecule has 0 aliphatic heterocycles. The van der Waals surface area contributed by atoms with Gasteiger partial charge in [-0.15, -0.1) is 0 Å². The van der Waals surface area contributed by atoms with Gasteiger partial charge in [-0.05, 0) is 43.4 Å². The SMILES string of the molecule is O=C(NC(c1cccnc1)[C@]1(O)CC[C@H](F)CC1)c1nccc(C(F)(F)F)c1Cl. The minimum absolute atomic E-state index is 0.0672. The number of nitrogens with zero attached hydrogens (tertiary/aromatic N) is 2. The van der Waals surface area contributed by atoms with Crippen molar-refractivity contribution in [1.29, 1.82) is 0 Å². The highest BCUT2D eigenvalue weighted by atomic mass is 35.5. The van der Waals surface area contributed by atoms with E-state index < -0.39 is 46.2 Å². The average Bonchev–Trinajstić information content (AvgIpc) is 2.68. The van der Waals surface area contributed by atoms with Crippen molar-refractivity contribution in [1.82, 2.24) is 15.3 Å². The lowest BCUT2D eigenvalue weighted by Gasteiger charge is -2.40. The minimum Gasteiger partial charge on any atom is -0.387 e. The molecule has 156 valence electrons. The second-order valence-electron chi connectivity index (χ2n) is 6.99. The van der Waals surface area contributed by atoms with Gasteiger partial charge in [0.05, 0.1) is 22.2 Å². The van der Waals surface area contributed by atoms with Crippen LogP contribution < -0.4 is 5.32 Å². The van der Waals surface area contributed by atoms with Crippen LogP contribution in [-0.4, -0.2) is 32.8 Å². The Morgan fingerprint density at radius 2 is 1.97 bits per heavy atom. The molecule has 0 spiro atoms. The first kappa shape index (κ1) is 21.4. The summed E-state index contributed by atoms with van der Waals surface area (Å²) in [5.74, 6) is -0.981. The molecule has 10 heteroatoms. The van der Waals surface area contributed by atoms with Gasteiger partial charge < -0.3 is 10.4 Å². The Balaban J connectivity index is 1.94. The molecular weight excluding hydrogens is 414 g/mol. The fourth-order valence-corrected chi connectivity index (χ4v) is 3.77. The molecule has 0 radical (unpaired) electrons. The van der Waals surface area contributed by atoms with Crippen LogP contribution in [0.4, 0.5) is 17.6 Å². The second kappa shape index (κ2) is 8.23. The minimum atomic E-state index is -4.75. The summed E-state index contributed by atoms with van der Waals surface area (Å²) in [5.41, 5.74) is -2.86. The zero-order valence-corrected chi connectivity index (χ0v) is 15.8. The number of hydrogen-bond acceptors (Lipinski definition) is 4. The van der Waals surface area contributed by atoms with Gasteiger partial charge in [-0.3, -0.25) is 9.78 Å².